The van der Waals surface area contributed by atoms with Gasteiger partial charge in [0, 0.05) is 80.1 Å². The molecule has 4 aliphatic heterocycles. The summed E-state index contributed by atoms with van der Waals surface area (Å²) in [5.41, 5.74) is -1.09. The second-order valence-electron chi connectivity index (χ2n) is 15.6. The normalized spacial score (nSPS) is 25.0. The van der Waals surface area contributed by atoms with Gasteiger partial charge in [-0.3, -0.25) is 38.4 Å². The third kappa shape index (κ3) is 11.4. The van der Waals surface area contributed by atoms with Gasteiger partial charge in [0.2, 0.25) is 23.6 Å². The standard InChI is InChI=1S/C29H40N4O12.C5H12/c1-30-9-17(5-21(30)34)25(38)42-13-29(14-43-26(39)18-6-22(35)31(2)10-18,15-44-27(40)19-7-23(36)32(3)11-19)16-45-28(41)20-8-24(37)33(4)12-20;1-5(2,3)4/h17-20H,5-16H2,1-4H3;1-4H3. The summed E-state index contributed by atoms with van der Waals surface area (Å²) < 4.78 is 22.3. The smallest absolute Gasteiger partial charge is 0.311 e. The first-order valence-electron chi connectivity index (χ1n) is 16.8. The SMILES string of the molecule is CC(C)(C)C.CN1CC(C(=O)OCC(COC(=O)C2CC(=O)N(C)C2)(COC(=O)C2CC(=O)N(C)C2)COC(=O)C2CC(=O)N(C)C2)CC1=O. The summed E-state index contributed by atoms with van der Waals surface area (Å²) in [5, 5.41) is 0. The van der Waals surface area contributed by atoms with Crippen LogP contribution in [0.4, 0.5) is 0 Å². The number of carbonyl (C=O) groups excluding carboxylic acids is 8. The topological polar surface area (TPSA) is 186 Å². The zero-order valence-corrected chi connectivity index (χ0v) is 30.5. The van der Waals surface area contributed by atoms with Crippen molar-refractivity contribution in [3.63, 3.8) is 0 Å². The number of hydrogen-bond donors (Lipinski definition) is 0. The Hall–Kier alpha value is -4.24. The maximum absolute atomic E-state index is 13.0. The zero-order chi connectivity index (χ0) is 37.6. The van der Waals surface area contributed by atoms with E-state index in [2.05, 4.69) is 27.7 Å². The van der Waals surface area contributed by atoms with Crippen molar-refractivity contribution in [1.82, 2.24) is 19.6 Å². The monoisotopic (exact) mass is 708 g/mol. The minimum atomic E-state index is -1.59. The third-order valence-corrected chi connectivity index (χ3v) is 8.78. The molecule has 0 saturated carbocycles. The number of rotatable bonds is 12. The molecule has 4 fully saturated rings. The number of likely N-dealkylation sites (tertiary alicyclic amines) is 4. The highest BCUT2D eigenvalue weighted by atomic mass is 16.6. The van der Waals surface area contributed by atoms with Crippen LogP contribution in [0.25, 0.3) is 0 Å². The van der Waals surface area contributed by atoms with Crippen LogP contribution in [-0.4, -0.2) is 148 Å². The molecule has 4 atom stereocenters. The Kier molecular flexibility index (Phi) is 13.4. The molecule has 4 unspecified atom stereocenters. The van der Waals surface area contributed by atoms with Gasteiger partial charge in [-0.25, -0.2) is 0 Å². The Bertz CT molecular complexity index is 1150. The zero-order valence-electron chi connectivity index (χ0n) is 30.5. The van der Waals surface area contributed by atoms with Crippen LogP contribution in [0.3, 0.4) is 0 Å². The molecule has 0 radical (unpaired) electrons. The molecule has 16 nitrogen and oxygen atoms in total. The molecular weight excluding hydrogens is 656 g/mol. The van der Waals surface area contributed by atoms with Crippen molar-refractivity contribution in [2.45, 2.75) is 53.4 Å². The van der Waals surface area contributed by atoms with Crippen LogP contribution in [0.15, 0.2) is 0 Å². The van der Waals surface area contributed by atoms with Crippen molar-refractivity contribution in [3.05, 3.63) is 0 Å². The predicted octanol–water partition coefficient (Wildman–Crippen LogP) is 0.111. The second-order valence-corrected chi connectivity index (χ2v) is 15.6. The van der Waals surface area contributed by atoms with Gasteiger partial charge >= 0.3 is 23.9 Å². The average Bonchev–Trinajstić information content (AvgIpc) is 3.77. The van der Waals surface area contributed by atoms with E-state index < -0.39 is 79.4 Å². The van der Waals surface area contributed by atoms with E-state index in [-0.39, 0.29) is 75.5 Å². The number of nitrogens with zero attached hydrogens (tertiary/aromatic N) is 4. The fourth-order valence-corrected chi connectivity index (χ4v) is 5.70. The molecular formula is C34H52N4O12. The van der Waals surface area contributed by atoms with Crippen LogP contribution in [0.1, 0.15) is 53.4 Å². The predicted molar refractivity (Wildman–Crippen MR) is 174 cm³/mol. The first kappa shape index (κ1) is 40.2. The van der Waals surface area contributed by atoms with Crippen molar-refractivity contribution in [1.29, 1.82) is 0 Å². The molecule has 0 bridgehead atoms. The maximum Gasteiger partial charge on any atom is 0.311 e. The summed E-state index contributed by atoms with van der Waals surface area (Å²) in [5.74, 6) is -6.81. The molecule has 4 heterocycles. The average molecular weight is 709 g/mol. The van der Waals surface area contributed by atoms with Crippen molar-refractivity contribution >= 4 is 47.5 Å². The van der Waals surface area contributed by atoms with Gasteiger partial charge in [-0.2, -0.15) is 0 Å². The van der Waals surface area contributed by atoms with Crippen molar-refractivity contribution in [2.24, 2.45) is 34.5 Å². The van der Waals surface area contributed by atoms with Crippen LogP contribution in [0, 0.1) is 34.5 Å². The molecule has 50 heavy (non-hydrogen) atoms. The third-order valence-electron chi connectivity index (χ3n) is 8.78. The number of amides is 4. The van der Waals surface area contributed by atoms with Crippen LogP contribution >= 0.6 is 0 Å². The van der Waals surface area contributed by atoms with E-state index in [1.807, 2.05) is 0 Å². The Balaban J connectivity index is 0.00000126. The highest BCUT2D eigenvalue weighted by Gasteiger charge is 2.44. The lowest BCUT2D eigenvalue weighted by Gasteiger charge is -2.32. The van der Waals surface area contributed by atoms with Gasteiger partial charge in [0.05, 0.1) is 23.7 Å². The minimum Gasteiger partial charge on any atom is -0.464 e. The Morgan fingerprint density at radius 1 is 0.480 bits per heavy atom. The molecule has 0 N–H and O–H groups in total. The van der Waals surface area contributed by atoms with Gasteiger partial charge in [0.1, 0.15) is 31.8 Å². The lowest BCUT2D eigenvalue weighted by atomic mass is 9.91. The Morgan fingerprint density at radius 2 is 0.660 bits per heavy atom. The fourth-order valence-electron chi connectivity index (χ4n) is 5.70. The second kappa shape index (κ2) is 16.6. The lowest BCUT2D eigenvalue weighted by molar-refractivity contribution is -0.176. The van der Waals surface area contributed by atoms with Gasteiger partial charge in [-0.05, 0) is 5.41 Å². The molecule has 4 amide bonds. The maximum atomic E-state index is 13.0. The van der Waals surface area contributed by atoms with E-state index in [0.717, 1.165) is 0 Å². The summed E-state index contributed by atoms with van der Waals surface area (Å²) in [7, 11) is 6.22. The van der Waals surface area contributed by atoms with Gasteiger partial charge in [-0.1, -0.05) is 27.7 Å². The van der Waals surface area contributed by atoms with Gasteiger partial charge in [0.15, 0.2) is 0 Å². The summed E-state index contributed by atoms with van der Waals surface area (Å²) in [6, 6.07) is 0. The highest BCUT2D eigenvalue weighted by Crippen LogP contribution is 2.28. The number of ether oxygens (including phenoxy) is 4. The van der Waals surface area contributed by atoms with Crippen LogP contribution < -0.4 is 0 Å². The fraction of sp³-hybridized carbons (Fsp3) is 0.765. The van der Waals surface area contributed by atoms with Gasteiger partial charge < -0.3 is 38.5 Å². The number of carbonyl (C=O) groups is 8. The summed E-state index contributed by atoms with van der Waals surface area (Å²) in [6.45, 7) is 7.21. The van der Waals surface area contributed by atoms with Gasteiger partial charge in [0.25, 0.3) is 0 Å². The number of esters is 4. The van der Waals surface area contributed by atoms with Crippen LogP contribution in [-0.2, 0) is 57.3 Å². The lowest BCUT2D eigenvalue weighted by Crippen LogP contribution is -2.45. The molecule has 0 aliphatic carbocycles. The van der Waals surface area contributed by atoms with Crippen molar-refractivity contribution in [2.75, 3.05) is 80.8 Å². The molecule has 0 spiro atoms. The molecule has 0 aromatic heterocycles. The van der Waals surface area contributed by atoms with E-state index in [4.69, 9.17) is 18.9 Å². The van der Waals surface area contributed by atoms with Crippen LogP contribution in [0.2, 0.25) is 0 Å². The van der Waals surface area contributed by atoms with E-state index in [1.165, 1.54) is 19.6 Å². The van der Waals surface area contributed by atoms with Gasteiger partial charge in [-0.15, -0.1) is 0 Å². The van der Waals surface area contributed by atoms with E-state index in [1.54, 1.807) is 28.2 Å². The van der Waals surface area contributed by atoms with Crippen molar-refractivity contribution in [3.8, 4) is 0 Å². The first-order chi connectivity index (χ1) is 23.2. The molecule has 4 saturated heterocycles. The Morgan fingerprint density at radius 3 is 0.800 bits per heavy atom. The molecule has 16 heteroatoms. The first-order valence-corrected chi connectivity index (χ1v) is 16.8. The number of hydrogen-bond acceptors (Lipinski definition) is 12. The van der Waals surface area contributed by atoms with E-state index >= 15 is 0 Å². The minimum absolute atomic E-state index is 0.0586. The van der Waals surface area contributed by atoms with Crippen molar-refractivity contribution < 1.29 is 57.3 Å². The summed E-state index contributed by atoms with van der Waals surface area (Å²) in [6.07, 6.45) is -0.234. The highest BCUT2D eigenvalue weighted by molar-refractivity contribution is 5.88. The Labute approximate surface area is 293 Å². The quantitative estimate of drug-likeness (QED) is 0.197. The molecule has 4 rings (SSSR count). The summed E-state index contributed by atoms with van der Waals surface area (Å²) in [4.78, 5) is 106. The molecule has 280 valence electrons. The molecule has 0 aromatic rings. The summed E-state index contributed by atoms with van der Waals surface area (Å²) >= 11 is 0. The van der Waals surface area contributed by atoms with Crippen LogP contribution in [0.5, 0.6) is 0 Å². The molecule has 4 aliphatic rings. The molecule has 0 aromatic carbocycles. The van der Waals surface area contributed by atoms with E-state index in [9.17, 15) is 38.4 Å². The van der Waals surface area contributed by atoms with E-state index in [0.29, 0.717) is 5.41 Å². The largest absolute Gasteiger partial charge is 0.464 e.